The van der Waals surface area contributed by atoms with Crippen molar-refractivity contribution in [2.75, 3.05) is 23.7 Å². The monoisotopic (exact) mass is 462 g/mol. The van der Waals surface area contributed by atoms with Crippen molar-refractivity contribution in [3.8, 4) is 0 Å². The van der Waals surface area contributed by atoms with Gasteiger partial charge >= 0.3 is 0 Å². The van der Waals surface area contributed by atoms with Crippen molar-refractivity contribution >= 4 is 37.3 Å². The van der Waals surface area contributed by atoms with Gasteiger partial charge in [-0.1, -0.05) is 18.2 Å². The van der Waals surface area contributed by atoms with Crippen molar-refractivity contribution in [2.45, 2.75) is 38.0 Å². The highest BCUT2D eigenvalue weighted by Crippen LogP contribution is 2.32. The van der Waals surface area contributed by atoms with Crippen LogP contribution in [0.4, 0.5) is 5.69 Å². The second-order valence-corrected chi connectivity index (χ2v) is 11.4. The van der Waals surface area contributed by atoms with E-state index in [0.717, 1.165) is 30.5 Å². The zero-order valence-electron chi connectivity index (χ0n) is 17.1. The summed E-state index contributed by atoms with van der Waals surface area (Å²) < 4.78 is 34.2. The highest BCUT2D eigenvalue weighted by atomic mass is 33.1. The molecular weight excluding hydrogens is 436 g/mol. The first-order valence-electron chi connectivity index (χ1n) is 10.3. The molecule has 1 aliphatic carbocycles. The van der Waals surface area contributed by atoms with Crippen LogP contribution in [0.25, 0.3) is 11.6 Å². The van der Waals surface area contributed by atoms with E-state index >= 15 is 0 Å². The van der Waals surface area contributed by atoms with Crippen molar-refractivity contribution < 1.29 is 27.8 Å². The Morgan fingerprint density at radius 1 is 1.13 bits per heavy atom. The molecule has 2 aromatic rings. The molecule has 166 valence electrons. The summed E-state index contributed by atoms with van der Waals surface area (Å²) in [4.78, 5) is 1.98. The average Bonchev–Trinajstić information content (AvgIpc) is 3.06. The number of fused-ring (bicyclic) bond motifs is 1. The topological polar surface area (TPSA) is 105 Å². The number of β-amino-alcohol motifs (C(OH)–C–C–N with tert-alkyl or cyclic N) is 2. The Morgan fingerprint density at radius 3 is 2.52 bits per heavy atom. The molecule has 2 aliphatic rings. The van der Waals surface area contributed by atoms with Crippen LogP contribution in [-0.2, 0) is 22.1 Å². The van der Waals surface area contributed by atoms with Gasteiger partial charge in [0.05, 0.1) is 18.0 Å². The van der Waals surface area contributed by atoms with Crippen LogP contribution < -0.4 is 9.47 Å². The van der Waals surface area contributed by atoms with Gasteiger partial charge < -0.3 is 19.7 Å². The summed E-state index contributed by atoms with van der Waals surface area (Å²) in [6.45, 7) is 1.35. The van der Waals surface area contributed by atoms with E-state index < -0.39 is 21.4 Å². The van der Waals surface area contributed by atoms with Crippen molar-refractivity contribution in [1.29, 1.82) is 0 Å². The number of hydrogen-bond acceptors (Lipinski definition) is 7. The molecule has 1 aliphatic heterocycles. The Balaban J connectivity index is 1.47. The van der Waals surface area contributed by atoms with Crippen LogP contribution in [0.3, 0.4) is 0 Å². The lowest BCUT2D eigenvalue weighted by molar-refractivity contribution is -0.692. The summed E-state index contributed by atoms with van der Waals surface area (Å²) in [5.74, 6) is 0.232. The van der Waals surface area contributed by atoms with Crippen LogP contribution in [0.15, 0.2) is 42.7 Å². The fraction of sp³-hybridized carbons (Fsp3) is 0.409. The maximum atomic E-state index is 10.8. The van der Waals surface area contributed by atoms with Crippen LogP contribution in [0.1, 0.15) is 29.5 Å². The number of aliphatic hydroxyl groups excluding tert-OH is 2. The Bertz CT molecular complexity index is 1060. The molecule has 0 amide bonds. The van der Waals surface area contributed by atoms with Gasteiger partial charge in [0.2, 0.25) is 0 Å². The molecule has 2 unspecified atom stereocenters. The number of benzene rings is 1. The number of pyridine rings is 1. The van der Waals surface area contributed by atoms with Crippen LogP contribution >= 0.6 is 10.8 Å². The maximum Gasteiger partial charge on any atom is 0.172 e. The lowest BCUT2D eigenvalue weighted by Crippen LogP contribution is -2.35. The highest BCUT2D eigenvalue weighted by molar-refractivity contribution is 8.69. The Hall–Kier alpha value is -1.91. The number of hydrogen-bond donors (Lipinski definition) is 2. The third-order valence-electron chi connectivity index (χ3n) is 5.77. The van der Waals surface area contributed by atoms with Gasteiger partial charge in [-0.3, -0.25) is 0 Å². The summed E-state index contributed by atoms with van der Waals surface area (Å²) in [7, 11) is -3.82. The minimum Gasteiger partial charge on any atom is -0.739 e. The van der Waals surface area contributed by atoms with E-state index in [4.69, 9.17) is 0 Å². The van der Waals surface area contributed by atoms with Crippen LogP contribution in [-0.4, -0.2) is 54.2 Å². The summed E-state index contributed by atoms with van der Waals surface area (Å²) in [5, 5.41) is 19.5. The van der Waals surface area contributed by atoms with Crippen LogP contribution in [0.2, 0.25) is 0 Å². The SMILES string of the molecule is O=S(=O)([O-])SCC[n+]1ccc2c(c1)CCC/C2=C\c1ccc(N2CC(O)C(O)C2)cc1. The molecule has 1 fully saturated rings. The molecular formula is C22H26N2O5S2. The van der Waals surface area contributed by atoms with E-state index in [0.29, 0.717) is 30.4 Å². The zero-order chi connectivity index (χ0) is 22.0. The predicted molar refractivity (Wildman–Crippen MR) is 120 cm³/mol. The van der Waals surface area contributed by atoms with Gasteiger partial charge in [0.15, 0.2) is 18.9 Å². The third-order valence-corrected chi connectivity index (χ3v) is 7.78. The van der Waals surface area contributed by atoms with Crippen molar-refractivity contribution in [3.63, 3.8) is 0 Å². The fourth-order valence-electron chi connectivity index (χ4n) is 4.20. The molecule has 4 rings (SSSR count). The molecule has 0 saturated carbocycles. The smallest absolute Gasteiger partial charge is 0.172 e. The lowest BCUT2D eigenvalue weighted by atomic mass is 9.87. The molecule has 9 heteroatoms. The molecule has 1 aromatic carbocycles. The maximum absolute atomic E-state index is 10.8. The molecule has 0 bridgehead atoms. The van der Waals surface area contributed by atoms with E-state index in [1.165, 1.54) is 16.7 Å². The second kappa shape index (κ2) is 9.30. The molecule has 7 nitrogen and oxygen atoms in total. The number of nitrogens with zero attached hydrogens (tertiary/aromatic N) is 2. The normalized spacial score (nSPS) is 22.7. The zero-order valence-corrected chi connectivity index (χ0v) is 18.7. The average molecular weight is 463 g/mol. The molecule has 1 saturated heterocycles. The number of anilines is 1. The molecule has 1 aromatic heterocycles. The molecule has 2 heterocycles. The Morgan fingerprint density at radius 2 is 1.84 bits per heavy atom. The van der Waals surface area contributed by atoms with Crippen LogP contribution in [0.5, 0.6) is 0 Å². The quantitative estimate of drug-likeness (QED) is 0.382. The van der Waals surface area contributed by atoms with Gasteiger partial charge in [0.25, 0.3) is 0 Å². The summed E-state index contributed by atoms with van der Waals surface area (Å²) in [6.07, 6.45) is 7.79. The molecule has 2 atom stereocenters. The summed E-state index contributed by atoms with van der Waals surface area (Å²) in [6, 6.07) is 10.2. The minimum absolute atomic E-state index is 0.232. The predicted octanol–water partition coefficient (Wildman–Crippen LogP) is 1.59. The largest absolute Gasteiger partial charge is 0.739 e. The molecule has 0 radical (unpaired) electrons. The van der Waals surface area contributed by atoms with Crippen molar-refractivity contribution in [1.82, 2.24) is 0 Å². The third kappa shape index (κ3) is 5.67. The second-order valence-electron chi connectivity index (χ2n) is 8.01. The number of aryl methyl sites for hydroxylation is 2. The summed E-state index contributed by atoms with van der Waals surface area (Å²) in [5.41, 5.74) is 5.79. The van der Waals surface area contributed by atoms with Crippen molar-refractivity contribution in [3.05, 3.63) is 59.4 Å². The Kier molecular flexibility index (Phi) is 6.68. The van der Waals surface area contributed by atoms with E-state index in [9.17, 15) is 23.2 Å². The van der Waals surface area contributed by atoms with Gasteiger partial charge in [-0.25, -0.2) is 13.0 Å². The first-order chi connectivity index (χ1) is 14.8. The standard InChI is InChI=1S/C22H26N2O5S2/c25-21-14-24(15-22(21)26)19-6-4-16(5-7-19)12-17-2-1-3-18-13-23(9-8-20(17)18)10-11-30-31(27,28)29/h4-9,12-13,21-22,25-26H,1-3,10-11,14-15H2. The fourth-order valence-corrected chi connectivity index (χ4v) is 5.53. The van der Waals surface area contributed by atoms with Gasteiger partial charge in [-0.2, -0.15) is 0 Å². The first-order valence-corrected chi connectivity index (χ1v) is 13.2. The van der Waals surface area contributed by atoms with E-state index in [2.05, 4.69) is 24.3 Å². The van der Waals surface area contributed by atoms with Gasteiger partial charge in [0, 0.05) is 30.4 Å². The van der Waals surface area contributed by atoms with E-state index in [-0.39, 0.29) is 5.75 Å². The Labute approximate surface area is 186 Å². The van der Waals surface area contributed by atoms with Crippen LogP contribution in [0, 0.1) is 0 Å². The lowest BCUT2D eigenvalue weighted by Gasteiger charge is -2.19. The van der Waals surface area contributed by atoms with E-state index in [1.807, 2.05) is 34.0 Å². The van der Waals surface area contributed by atoms with Gasteiger partial charge in [0.1, 0.15) is 9.15 Å². The number of rotatable bonds is 6. The highest BCUT2D eigenvalue weighted by Gasteiger charge is 2.29. The van der Waals surface area contributed by atoms with Crippen molar-refractivity contribution in [2.24, 2.45) is 0 Å². The van der Waals surface area contributed by atoms with E-state index in [1.54, 1.807) is 0 Å². The number of aliphatic hydroxyl groups is 2. The number of aromatic nitrogens is 1. The first kappa shape index (κ1) is 22.3. The number of allylic oxidation sites excluding steroid dienone is 1. The summed E-state index contributed by atoms with van der Waals surface area (Å²) >= 11 is 0. The molecule has 0 spiro atoms. The molecule has 31 heavy (non-hydrogen) atoms. The van der Waals surface area contributed by atoms with Gasteiger partial charge in [-0.05, 0) is 58.9 Å². The minimum atomic E-state index is -4.25. The van der Waals surface area contributed by atoms with Gasteiger partial charge in [-0.15, -0.1) is 0 Å². The molecule has 2 N–H and O–H groups in total.